The minimum Gasteiger partial charge on any atom is -0.360 e. The molecule has 0 bridgehead atoms. The number of aryl methyl sites for hydroxylation is 1. The summed E-state index contributed by atoms with van der Waals surface area (Å²) in [5, 5.41) is 3.48. The molecule has 0 saturated carbocycles. The van der Waals surface area contributed by atoms with Gasteiger partial charge in [-0.05, 0) is 12.8 Å². The first-order valence-electron chi connectivity index (χ1n) is 3.90. The van der Waals surface area contributed by atoms with Crippen LogP contribution in [0.15, 0.2) is 4.52 Å². The van der Waals surface area contributed by atoms with Crippen LogP contribution in [0.4, 0.5) is 4.39 Å². The van der Waals surface area contributed by atoms with Gasteiger partial charge in [-0.2, -0.15) is 0 Å². The number of aromatic nitrogens is 1. The summed E-state index contributed by atoms with van der Waals surface area (Å²) in [6.45, 7) is 0. The van der Waals surface area contributed by atoms with E-state index in [4.69, 9.17) is 4.52 Å². The van der Waals surface area contributed by atoms with Gasteiger partial charge in [0, 0.05) is 6.42 Å². The van der Waals surface area contributed by atoms with Crippen LogP contribution in [0.2, 0.25) is 0 Å². The molecule has 12 heavy (non-hydrogen) atoms. The van der Waals surface area contributed by atoms with Crippen molar-refractivity contribution in [3.63, 3.8) is 0 Å². The average Bonchev–Trinajstić information content (AvgIpc) is 2.49. The Labute approximate surface area is 68.5 Å². The zero-order chi connectivity index (χ0) is 8.55. The van der Waals surface area contributed by atoms with Crippen molar-refractivity contribution in [2.45, 2.75) is 25.4 Å². The van der Waals surface area contributed by atoms with Crippen molar-refractivity contribution in [3.8, 4) is 0 Å². The molecule has 1 aromatic rings. The number of rotatable bonds is 1. The van der Waals surface area contributed by atoms with Gasteiger partial charge in [0.1, 0.15) is 11.9 Å². The van der Waals surface area contributed by atoms with Gasteiger partial charge in [-0.1, -0.05) is 5.16 Å². The van der Waals surface area contributed by atoms with E-state index in [2.05, 4.69) is 5.16 Å². The summed E-state index contributed by atoms with van der Waals surface area (Å²) < 4.78 is 18.0. The number of fused-ring (bicyclic) bond motifs is 1. The molecule has 0 amide bonds. The molecule has 0 N–H and O–H groups in total. The number of aldehydes is 1. The summed E-state index contributed by atoms with van der Waals surface area (Å²) in [5.74, 6) is 0.538. The highest BCUT2D eigenvalue weighted by Gasteiger charge is 2.27. The van der Waals surface area contributed by atoms with E-state index in [-0.39, 0.29) is 5.69 Å². The Morgan fingerprint density at radius 1 is 1.67 bits per heavy atom. The fourth-order valence-corrected chi connectivity index (χ4v) is 1.53. The molecule has 1 atom stereocenters. The average molecular weight is 169 g/mol. The van der Waals surface area contributed by atoms with Crippen LogP contribution in [0.5, 0.6) is 0 Å². The van der Waals surface area contributed by atoms with E-state index in [0.29, 0.717) is 30.5 Å². The summed E-state index contributed by atoms with van der Waals surface area (Å²) in [6.07, 6.45) is 1.40. The number of hydrogen-bond acceptors (Lipinski definition) is 3. The normalized spacial score (nSPS) is 21.9. The van der Waals surface area contributed by atoms with Crippen molar-refractivity contribution in [1.82, 2.24) is 5.16 Å². The molecular weight excluding hydrogens is 161 g/mol. The third-order valence-electron chi connectivity index (χ3n) is 2.12. The molecule has 64 valence electrons. The maximum Gasteiger partial charge on any atom is 0.172 e. The van der Waals surface area contributed by atoms with Crippen molar-refractivity contribution >= 4 is 6.29 Å². The van der Waals surface area contributed by atoms with E-state index in [0.717, 1.165) is 6.42 Å². The lowest BCUT2D eigenvalue weighted by Crippen LogP contribution is -2.05. The molecule has 1 heterocycles. The molecule has 3 nitrogen and oxygen atoms in total. The highest BCUT2D eigenvalue weighted by atomic mass is 19.1. The van der Waals surface area contributed by atoms with Crippen LogP contribution in [0.1, 0.15) is 40.8 Å². The van der Waals surface area contributed by atoms with Gasteiger partial charge < -0.3 is 4.52 Å². The van der Waals surface area contributed by atoms with E-state index >= 15 is 0 Å². The third-order valence-corrected chi connectivity index (χ3v) is 2.12. The van der Waals surface area contributed by atoms with Gasteiger partial charge in [0.2, 0.25) is 0 Å². The second kappa shape index (κ2) is 2.69. The Bertz CT molecular complexity index is 308. The molecule has 1 aliphatic carbocycles. The molecule has 0 saturated heterocycles. The standard InChI is InChI=1S/C8H8FNO2/c9-5-2-1-3-7-8(5)6(4-11)10-12-7/h4-5H,1-3H2. The smallest absolute Gasteiger partial charge is 0.172 e. The summed E-state index contributed by atoms with van der Waals surface area (Å²) >= 11 is 0. The van der Waals surface area contributed by atoms with E-state index in [1.165, 1.54) is 0 Å². The molecule has 0 aromatic carbocycles. The largest absolute Gasteiger partial charge is 0.360 e. The van der Waals surface area contributed by atoms with E-state index in [1.807, 2.05) is 0 Å². The zero-order valence-corrected chi connectivity index (χ0v) is 6.42. The second-order valence-electron chi connectivity index (χ2n) is 2.88. The minimum atomic E-state index is -1.07. The molecule has 0 spiro atoms. The predicted octanol–water partition coefficient (Wildman–Crippen LogP) is 1.83. The number of carbonyl (C=O) groups is 1. The van der Waals surface area contributed by atoms with Crippen LogP contribution in [-0.2, 0) is 6.42 Å². The van der Waals surface area contributed by atoms with E-state index in [1.54, 1.807) is 0 Å². The van der Waals surface area contributed by atoms with Gasteiger partial charge in [0.15, 0.2) is 12.0 Å². The van der Waals surface area contributed by atoms with Crippen LogP contribution >= 0.6 is 0 Å². The molecule has 0 aliphatic heterocycles. The molecule has 1 aromatic heterocycles. The molecular formula is C8H8FNO2. The summed E-state index contributed by atoms with van der Waals surface area (Å²) in [7, 11) is 0. The number of carbonyl (C=O) groups excluding carboxylic acids is 1. The second-order valence-corrected chi connectivity index (χ2v) is 2.88. The maximum atomic E-state index is 13.2. The lowest BCUT2D eigenvalue weighted by Gasteiger charge is -2.12. The third kappa shape index (κ3) is 0.948. The zero-order valence-electron chi connectivity index (χ0n) is 6.42. The Kier molecular flexibility index (Phi) is 1.67. The Balaban J connectivity index is 2.50. The fourth-order valence-electron chi connectivity index (χ4n) is 1.53. The summed E-state index contributed by atoms with van der Waals surface area (Å²) in [4.78, 5) is 10.4. The Hall–Kier alpha value is -1.19. The molecule has 1 unspecified atom stereocenters. The van der Waals surface area contributed by atoms with Crippen molar-refractivity contribution in [2.75, 3.05) is 0 Å². The number of halogens is 1. The van der Waals surface area contributed by atoms with Crippen LogP contribution in [0.25, 0.3) is 0 Å². The summed E-state index contributed by atoms with van der Waals surface area (Å²) in [5.41, 5.74) is 0.494. The highest BCUT2D eigenvalue weighted by molar-refractivity contribution is 5.74. The van der Waals surface area contributed by atoms with Crippen LogP contribution in [-0.4, -0.2) is 11.4 Å². The number of alkyl halides is 1. The molecule has 4 heteroatoms. The Morgan fingerprint density at radius 3 is 3.25 bits per heavy atom. The monoisotopic (exact) mass is 169 g/mol. The van der Waals surface area contributed by atoms with Crippen LogP contribution < -0.4 is 0 Å². The lowest BCUT2D eigenvalue weighted by atomic mass is 9.95. The van der Waals surface area contributed by atoms with Crippen LogP contribution in [0.3, 0.4) is 0 Å². The van der Waals surface area contributed by atoms with Gasteiger partial charge >= 0.3 is 0 Å². The van der Waals surface area contributed by atoms with Gasteiger partial charge in [0.05, 0.1) is 5.56 Å². The van der Waals surface area contributed by atoms with Gasteiger partial charge in [-0.25, -0.2) is 4.39 Å². The Morgan fingerprint density at radius 2 is 2.50 bits per heavy atom. The highest BCUT2D eigenvalue weighted by Crippen LogP contribution is 2.34. The minimum absolute atomic E-state index is 0.122. The number of nitrogens with zero attached hydrogens (tertiary/aromatic N) is 1. The first-order valence-corrected chi connectivity index (χ1v) is 3.90. The maximum absolute atomic E-state index is 13.2. The molecule has 1 aliphatic rings. The van der Waals surface area contributed by atoms with E-state index < -0.39 is 6.17 Å². The number of hydrogen-bond donors (Lipinski definition) is 0. The molecule has 2 rings (SSSR count). The lowest BCUT2D eigenvalue weighted by molar-refractivity contribution is 0.111. The van der Waals surface area contributed by atoms with Gasteiger partial charge in [-0.3, -0.25) is 4.79 Å². The molecule has 0 radical (unpaired) electrons. The molecule has 0 fully saturated rings. The van der Waals surface area contributed by atoms with Gasteiger partial charge in [-0.15, -0.1) is 0 Å². The van der Waals surface area contributed by atoms with Crippen molar-refractivity contribution in [2.24, 2.45) is 0 Å². The SMILES string of the molecule is O=Cc1noc2c1C(F)CCC2. The van der Waals surface area contributed by atoms with E-state index in [9.17, 15) is 9.18 Å². The fraction of sp³-hybridized carbons (Fsp3) is 0.500. The topological polar surface area (TPSA) is 43.1 Å². The first kappa shape index (κ1) is 7.46. The predicted molar refractivity (Wildman–Crippen MR) is 38.7 cm³/mol. The summed E-state index contributed by atoms with van der Waals surface area (Å²) in [6, 6.07) is 0. The van der Waals surface area contributed by atoms with Gasteiger partial charge in [0.25, 0.3) is 0 Å². The quantitative estimate of drug-likeness (QED) is 0.602. The van der Waals surface area contributed by atoms with Crippen LogP contribution in [0, 0.1) is 0 Å². The van der Waals surface area contributed by atoms with Crippen molar-refractivity contribution < 1.29 is 13.7 Å². The first-order chi connectivity index (χ1) is 5.83. The van der Waals surface area contributed by atoms with Crippen molar-refractivity contribution in [3.05, 3.63) is 17.0 Å². The van der Waals surface area contributed by atoms with Crippen molar-refractivity contribution in [1.29, 1.82) is 0 Å².